The number of anilines is 1. The number of benzene rings is 2. The molecule has 5 nitrogen and oxygen atoms in total. The minimum atomic E-state index is -0.423. The lowest BCUT2D eigenvalue weighted by Gasteiger charge is -2.08. The molecule has 0 aliphatic heterocycles. The average Bonchev–Trinajstić information content (AvgIpc) is 3.13. The minimum absolute atomic E-state index is 0.0923. The average molecular weight is 377 g/mol. The molecule has 1 aromatic heterocycles. The number of allylic oxidation sites excluding steroid dienone is 1. The lowest BCUT2D eigenvalue weighted by atomic mass is 10.2. The van der Waals surface area contributed by atoms with Gasteiger partial charge in [-0.3, -0.25) is 4.79 Å². The van der Waals surface area contributed by atoms with Crippen LogP contribution in [0.3, 0.4) is 0 Å². The summed E-state index contributed by atoms with van der Waals surface area (Å²) in [5, 5.41) is 15.1. The van der Waals surface area contributed by atoms with Crippen LogP contribution in [0.15, 0.2) is 76.3 Å². The number of aliphatic hydroxyl groups excluding tert-OH is 1. The summed E-state index contributed by atoms with van der Waals surface area (Å²) in [4.78, 5) is 21.2. The lowest BCUT2D eigenvalue weighted by molar-refractivity contribution is -0.112. The number of hydrogen-bond acceptors (Lipinski definition) is 5. The fraction of sp³-hybridized carbons (Fsp3) is 0.0952. The monoisotopic (exact) mass is 377 g/mol. The van der Waals surface area contributed by atoms with Gasteiger partial charge in [0.05, 0.1) is 11.3 Å². The second-order valence-electron chi connectivity index (χ2n) is 5.91. The van der Waals surface area contributed by atoms with Crippen molar-refractivity contribution in [2.24, 2.45) is 4.99 Å². The Balaban J connectivity index is 1.77. The van der Waals surface area contributed by atoms with Gasteiger partial charge >= 0.3 is 0 Å². The highest BCUT2D eigenvalue weighted by Crippen LogP contribution is 2.26. The quantitative estimate of drug-likeness (QED) is 0.360. The van der Waals surface area contributed by atoms with E-state index in [4.69, 9.17) is 0 Å². The molecule has 0 atom stereocenters. The van der Waals surface area contributed by atoms with Gasteiger partial charge in [0, 0.05) is 22.8 Å². The molecule has 27 heavy (non-hydrogen) atoms. The molecule has 6 heteroatoms. The molecule has 2 aromatic carbocycles. The van der Waals surface area contributed by atoms with Crippen molar-refractivity contribution in [3.05, 3.63) is 76.9 Å². The van der Waals surface area contributed by atoms with Gasteiger partial charge in [-0.1, -0.05) is 48.5 Å². The first-order valence-electron chi connectivity index (χ1n) is 8.36. The summed E-state index contributed by atoms with van der Waals surface area (Å²) in [7, 11) is 0. The van der Waals surface area contributed by atoms with Crippen LogP contribution in [0, 0.1) is 6.92 Å². The van der Waals surface area contributed by atoms with E-state index in [0.717, 1.165) is 16.8 Å². The fourth-order valence-corrected chi connectivity index (χ4v) is 3.07. The van der Waals surface area contributed by atoms with Crippen molar-refractivity contribution >= 4 is 34.3 Å². The van der Waals surface area contributed by atoms with Crippen LogP contribution in [0.5, 0.6) is 0 Å². The Morgan fingerprint density at radius 3 is 2.56 bits per heavy atom. The lowest BCUT2D eigenvalue weighted by Crippen LogP contribution is -2.17. The van der Waals surface area contributed by atoms with Gasteiger partial charge in [0.25, 0.3) is 5.91 Å². The van der Waals surface area contributed by atoms with Crippen LogP contribution in [0.2, 0.25) is 0 Å². The molecule has 0 fully saturated rings. The van der Waals surface area contributed by atoms with Crippen LogP contribution in [-0.2, 0) is 4.79 Å². The van der Waals surface area contributed by atoms with Gasteiger partial charge in [-0.15, -0.1) is 11.3 Å². The van der Waals surface area contributed by atoms with Crippen molar-refractivity contribution < 1.29 is 9.90 Å². The van der Waals surface area contributed by atoms with E-state index >= 15 is 0 Å². The summed E-state index contributed by atoms with van der Waals surface area (Å²) in [6, 6.07) is 17.2. The number of aryl methyl sites for hydroxylation is 1. The van der Waals surface area contributed by atoms with Crippen LogP contribution >= 0.6 is 11.3 Å². The molecule has 0 bridgehead atoms. The molecule has 136 valence electrons. The van der Waals surface area contributed by atoms with Gasteiger partial charge in [-0.05, 0) is 25.5 Å². The van der Waals surface area contributed by atoms with Gasteiger partial charge in [-0.2, -0.15) is 0 Å². The maximum Gasteiger partial charge on any atom is 0.260 e. The second kappa shape index (κ2) is 8.42. The summed E-state index contributed by atoms with van der Waals surface area (Å²) in [5.41, 5.74) is 3.54. The number of amides is 1. The zero-order valence-corrected chi connectivity index (χ0v) is 15.8. The summed E-state index contributed by atoms with van der Waals surface area (Å²) in [6.45, 7) is 3.36. The first-order valence-corrected chi connectivity index (χ1v) is 9.24. The van der Waals surface area contributed by atoms with E-state index < -0.39 is 5.91 Å². The first kappa shape index (κ1) is 18.5. The van der Waals surface area contributed by atoms with Gasteiger partial charge < -0.3 is 10.4 Å². The molecule has 3 rings (SSSR count). The molecule has 0 saturated carbocycles. The van der Waals surface area contributed by atoms with Crippen molar-refractivity contribution in [3.63, 3.8) is 0 Å². The highest BCUT2D eigenvalue weighted by Gasteiger charge is 2.13. The minimum Gasteiger partial charge on any atom is -0.512 e. The van der Waals surface area contributed by atoms with Crippen LogP contribution in [0.4, 0.5) is 10.8 Å². The van der Waals surface area contributed by atoms with E-state index in [1.54, 1.807) is 0 Å². The van der Waals surface area contributed by atoms with E-state index in [1.165, 1.54) is 24.5 Å². The van der Waals surface area contributed by atoms with Gasteiger partial charge in [-0.25, -0.2) is 9.98 Å². The van der Waals surface area contributed by atoms with Gasteiger partial charge in [0.15, 0.2) is 0 Å². The Hall–Kier alpha value is -3.25. The molecule has 2 N–H and O–H groups in total. The third kappa shape index (κ3) is 4.68. The number of carbonyl (C=O) groups is 1. The largest absolute Gasteiger partial charge is 0.512 e. The molecule has 0 unspecified atom stereocenters. The van der Waals surface area contributed by atoms with E-state index in [0.29, 0.717) is 10.8 Å². The number of nitrogens with one attached hydrogen (secondary N) is 1. The maximum absolute atomic E-state index is 12.5. The van der Waals surface area contributed by atoms with Crippen molar-refractivity contribution in [1.82, 2.24) is 4.98 Å². The molecule has 1 heterocycles. The van der Waals surface area contributed by atoms with Crippen molar-refractivity contribution in [3.8, 4) is 11.3 Å². The summed E-state index contributed by atoms with van der Waals surface area (Å²) in [5.74, 6) is -0.530. The Kier molecular flexibility index (Phi) is 5.78. The Labute approximate surface area is 161 Å². The van der Waals surface area contributed by atoms with Crippen LogP contribution < -0.4 is 5.32 Å². The summed E-state index contributed by atoms with van der Waals surface area (Å²) in [6.07, 6.45) is 1.34. The standard InChI is InChI=1S/C21H19N3O2S/c1-14-8-6-7-11-18(14)23-20(26)17(15(2)25)12-22-21-24-19(13-27-21)16-9-4-3-5-10-16/h3-13,25H,1-2H3,(H,23,26). The SMILES string of the molecule is CC(O)=C(C=Nc1nc(-c2ccccc2)cs1)C(=O)Nc1ccccc1C. The molecule has 3 aromatic rings. The number of nitrogens with zero attached hydrogens (tertiary/aromatic N) is 2. The summed E-state index contributed by atoms with van der Waals surface area (Å²) >= 11 is 1.37. The Morgan fingerprint density at radius 2 is 1.85 bits per heavy atom. The number of aromatic nitrogens is 1. The number of para-hydroxylation sites is 1. The topological polar surface area (TPSA) is 74.6 Å². The van der Waals surface area contributed by atoms with Crippen molar-refractivity contribution in [2.75, 3.05) is 5.32 Å². The number of rotatable bonds is 5. The zero-order valence-electron chi connectivity index (χ0n) is 15.0. The molecule has 1 amide bonds. The number of hydrogen-bond donors (Lipinski definition) is 2. The van der Waals surface area contributed by atoms with Crippen LogP contribution in [-0.4, -0.2) is 22.2 Å². The van der Waals surface area contributed by atoms with Crippen molar-refractivity contribution in [2.45, 2.75) is 13.8 Å². The van der Waals surface area contributed by atoms with E-state index in [2.05, 4.69) is 15.3 Å². The third-order valence-electron chi connectivity index (χ3n) is 3.89. The normalized spacial score (nSPS) is 12.1. The maximum atomic E-state index is 12.5. The number of aliphatic hydroxyl groups is 1. The van der Waals surface area contributed by atoms with Gasteiger partial charge in [0.2, 0.25) is 5.13 Å². The van der Waals surface area contributed by atoms with E-state index in [-0.39, 0.29) is 11.3 Å². The van der Waals surface area contributed by atoms with Crippen molar-refractivity contribution in [1.29, 1.82) is 0 Å². The molecule has 0 saturated heterocycles. The molecule has 0 aliphatic carbocycles. The third-order valence-corrected chi connectivity index (χ3v) is 4.64. The smallest absolute Gasteiger partial charge is 0.260 e. The van der Waals surface area contributed by atoms with Crippen LogP contribution in [0.25, 0.3) is 11.3 Å². The molecule has 0 aliphatic rings. The first-order chi connectivity index (χ1) is 13.0. The number of carbonyl (C=O) groups excluding carboxylic acids is 1. The number of thiazole rings is 1. The second-order valence-corrected chi connectivity index (χ2v) is 6.74. The summed E-state index contributed by atoms with van der Waals surface area (Å²) < 4.78 is 0. The Morgan fingerprint density at radius 1 is 1.15 bits per heavy atom. The van der Waals surface area contributed by atoms with E-state index in [9.17, 15) is 9.90 Å². The molecular weight excluding hydrogens is 358 g/mol. The van der Waals surface area contributed by atoms with Gasteiger partial charge in [0.1, 0.15) is 5.76 Å². The predicted molar refractivity (Wildman–Crippen MR) is 111 cm³/mol. The predicted octanol–water partition coefficient (Wildman–Crippen LogP) is 5.29. The number of aliphatic imine (C=N–C) groups is 1. The highest BCUT2D eigenvalue weighted by molar-refractivity contribution is 7.13. The molecule has 0 radical (unpaired) electrons. The highest BCUT2D eigenvalue weighted by atomic mass is 32.1. The zero-order chi connectivity index (χ0) is 19.2. The fourth-order valence-electron chi connectivity index (χ4n) is 2.40. The Bertz CT molecular complexity index is 1000. The van der Waals surface area contributed by atoms with E-state index in [1.807, 2.05) is 66.9 Å². The molecule has 0 spiro atoms. The molecular formula is C21H19N3O2S. The van der Waals surface area contributed by atoms with Crippen LogP contribution in [0.1, 0.15) is 12.5 Å².